The lowest BCUT2D eigenvalue weighted by molar-refractivity contribution is -0.220. The summed E-state index contributed by atoms with van der Waals surface area (Å²) in [5.74, 6) is -0.274. The van der Waals surface area contributed by atoms with Gasteiger partial charge < -0.3 is 25.2 Å². The van der Waals surface area contributed by atoms with E-state index in [1.165, 1.54) is 0 Å². The molecule has 96 valence electrons. The first-order valence-electron chi connectivity index (χ1n) is 5.61. The SMILES string of the molecule is CC1C(O)CC(C)(C)OC1C(O)C(O)CO. The predicted molar refractivity (Wildman–Crippen MR) is 57.8 cm³/mol. The molecule has 1 aliphatic heterocycles. The Bertz CT molecular complexity index is 230. The molecular weight excluding hydrogens is 212 g/mol. The third kappa shape index (κ3) is 2.93. The Labute approximate surface area is 95.7 Å². The van der Waals surface area contributed by atoms with Crippen LogP contribution in [0.5, 0.6) is 0 Å². The number of rotatable bonds is 3. The van der Waals surface area contributed by atoms with Crippen molar-refractivity contribution in [1.29, 1.82) is 0 Å². The fraction of sp³-hybridized carbons (Fsp3) is 1.00. The van der Waals surface area contributed by atoms with Crippen LogP contribution in [0.1, 0.15) is 27.2 Å². The van der Waals surface area contributed by atoms with Gasteiger partial charge in [-0.05, 0) is 13.8 Å². The maximum absolute atomic E-state index is 9.85. The Morgan fingerprint density at radius 1 is 1.38 bits per heavy atom. The van der Waals surface area contributed by atoms with Crippen LogP contribution in [-0.2, 0) is 4.74 Å². The van der Waals surface area contributed by atoms with E-state index in [1.54, 1.807) is 6.92 Å². The summed E-state index contributed by atoms with van der Waals surface area (Å²) in [6.07, 6.45) is -3.18. The minimum absolute atomic E-state index is 0.274. The minimum Gasteiger partial charge on any atom is -0.394 e. The van der Waals surface area contributed by atoms with Crippen LogP contribution in [0.3, 0.4) is 0 Å². The van der Waals surface area contributed by atoms with Crippen molar-refractivity contribution in [3.63, 3.8) is 0 Å². The van der Waals surface area contributed by atoms with Crippen molar-refractivity contribution in [3.8, 4) is 0 Å². The molecule has 0 bridgehead atoms. The number of aliphatic hydroxyl groups excluding tert-OH is 4. The van der Waals surface area contributed by atoms with Gasteiger partial charge in [-0.15, -0.1) is 0 Å². The molecule has 0 aliphatic carbocycles. The summed E-state index contributed by atoms with van der Waals surface area (Å²) in [7, 11) is 0. The van der Waals surface area contributed by atoms with Crippen LogP contribution in [0.4, 0.5) is 0 Å². The molecule has 0 saturated carbocycles. The van der Waals surface area contributed by atoms with Crippen molar-refractivity contribution in [2.75, 3.05) is 6.61 Å². The number of hydrogen-bond acceptors (Lipinski definition) is 5. The van der Waals surface area contributed by atoms with Crippen LogP contribution >= 0.6 is 0 Å². The van der Waals surface area contributed by atoms with Gasteiger partial charge in [-0.2, -0.15) is 0 Å². The first-order chi connectivity index (χ1) is 7.28. The molecule has 1 heterocycles. The molecule has 0 aromatic carbocycles. The fourth-order valence-corrected chi connectivity index (χ4v) is 2.14. The zero-order valence-electron chi connectivity index (χ0n) is 10.00. The smallest absolute Gasteiger partial charge is 0.109 e. The molecule has 1 rings (SSSR count). The Morgan fingerprint density at radius 3 is 2.44 bits per heavy atom. The summed E-state index contributed by atoms with van der Waals surface area (Å²) < 4.78 is 5.66. The second-order valence-corrected chi connectivity index (χ2v) is 5.21. The van der Waals surface area contributed by atoms with Gasteiger partial charge in [0.1, 0.15) is 12.2 Å². The highest BCUT2D eigenvalue weighted by Gasteiger charge is 2.44. The van der Waals surface area contributed by atoms with Crippen LogP contribution in [0.2, 0.25) is 0 Å². The normalized spacial score (nSPS) is 38.1. The standard InChI is InChI=1S/C11H22O5/c1-6-7(13)4-11(2,3)16-10(6)9(15)8(14)5-12/h6-10,12-15H,4-5H2,1-3H3. The van der Waals surface area contributed by atoms with Gasteiger partial charge >= 0.3 is 0 Å². The van der Waals surface area contributed by atoms with E-state index in [9.17, 15) is 15.3 Å². The highest BCUT2D eigenvalue weighted by molar-refractivity contribution is 4.92. The summed E-state index contributed by atoms with van der Waals surface area (Å²) in [4.78, 5) is 0. The van der Waals surface area contributed by atoms with E-state index < -0.39 is 36.6 Å². The lowest BCUT2D eigenvalue weighted by atomic mass is 9.82. The largest absolute Gasteiger partial charge is 0.394 e. The van der Waals surface area contributed by atoms with Gasteiger partial charge in [-0.1, -0.05) is 6.92 Å². The second kappa shape index (κ2) is 4.98. The van der Waals surface area contributed by atoms with Crippen molar-refractivity contribution in [1.82, 2.24) is 0 Å². The molecule has 0 spiro atoms. The Morgan fingerprint density at radius 2 is 1.94 bits per heavy atom. The fourth-order valence-electron chi connectivity index (χ4n) is 2.14. The number of ether oxygens (including phenoxy) is 1. The lowest BCUT2D eigenvalue weighted by Crippen LogP contribution is -2.55. The van der Waals surface area contributed by atoms with E-state index in [0.29, 0.717) is 6.42 Å². The number of aliphatic hydroxyl groups is 4. The summed E-state index contributed by atoms with van der Waals surface area (Å²) in [5.41, 5.74) is -0.535. The zero-order chi connectivity index (χ0) is 12.5. The van der Waals surface area contributed by atoms with E-state index >= 15 is 0 Å². The molecule has 5 unspecified atom stereocenters. The monoisotopic (exact) mass is 234 g/mol. The maximum Gasteiger partial charge on any atom is 0.109 e. The van der Waals surface area contributed by atoms with Crippen molar-refractivity contribution in [3.05, 3.63) is 0 Å². The van der Waals surface area contributed by atoms with E-state index in [2.05, 4.69) is 0 Å². The van der Waals surface area contributed by atoms with Gasteiger partial charge in [0.25, 0.3) is 0 Å². The van der Waals surface area contributed by atoms with Gasteiger partial charge in [0, 0.05) is 12.3 Å². The highest BCUT2D eigenvalue weighted by Crippen LogP contribution is 2.34. The lowest BCUT2D eigenvalue weighted by Gasteiger charge is -2.45. The molecule has 16 heavy (non-hydrogen) atoms. The predicted octanol–water partition coefficient (Wildman–Crippen LogP) is -0.735. The summed E-state index contributed by atoms with van der Waals surface area (Å²) in [6, 6.07) is 0. The van der Waals surface area contributed by atoms with Crippen molar-refractivity contribution < 1.29 is 25.2 Å². The average Bonchev–Trinajstić information content (AvgIpc) is 2.20. The Balaban J connectivity index is 2.77. The van der Waals surface area contributed by atoms with Gasteiger partial charge in [0.2, 0.25) is 0 Å². The minimum atomic E-state index is -1.24. The summed E-state index contributed by atoms with van der Waals surface area (Å²) in [6.45, 7) is 4.89. The van der Waals surface area contributed by atoms with E-state index in [-0.39, 0.29) is 5.92 Å². The van der Waals surface area contributed by atoms with Crippen molar-refractivity contribution in [2.24, 2.45) is 5.92 Å². The molecule has 5 atom stereocenters. The number of hydrogen-bond donors (Lipinski definition) is 4. The van der Waals surface area contributed by atoms with E-state index in [1.807, 2.05) is 13.8 Å². The average molecular weight is 234 g/mol. The molecule has 0 radical (unpaired) electrons. The van der Waals surface area contributed by atoms with Gasteiger partial charge in [0.05, 0.1) is 24.4 Å². The van der Waals surface area contributed by atoms with Crippen LogP contribution < -0.4 is 0 Å². The van der Waals surface area contributed by atoms with Crippen LogP contribution in [0.15, 0.2) is 0 Å². The molecule has 0 amide bonds. The maximum atomic E-state index is 9.85. The third-order valence-corrected chi connectivity index (χ3v) is 3.20. The molecule has 1 saturated heterocycles. The Kier molecular flexibility index (Phi) is 4.31. The van der Waals surface area contributed by atoms with Gasteiger partial charge in [-0.25, -0.2) is 0 Å². The first-order valence-corrected chi connectivity index (χ1v) is 5.61. The molecule has 1 fully saturated rings. The molecule has 0 aromatic rings. The van der Waals surface area contributed by atoms with Crippen LogP contribution in [0.25, 0.3) is 0 Å². The van der Waals surface area contributed by atoms with E-state index in [4.69, 9.17) is 9.84 Å². The summed E-state index contributed by atoms with van der Waals surface area (Å²) in [5, 5.41) is 37.8. The highest BCUT2D eigenvalue weighted by atomic mass is 16.5. The zero-order valence-corrected chi connectivity index (χ0v) is 10.00. The van der Waals surface area contributed by atoms with E-state index in [0.717, 1.165) is 0 Å². The van der Waals surface area contributed by atoms with Gasteiger partial charge in [-0.3, -0.25) is 0 Å². The first kappa shape index (κ1) is 13.9. The molecule has 0 aromatic heterocycles. The van der Waals surface area contributed by atoms with Crippen LogP contribution in [0, 0.1) is 5.92 Å². The Hall–Kier alpha value is -0.200. The molecular formula is C11H22O5. The van der Waals surface area contributed by atoms with Gasteiger partial charge in [0.15, 0.2) is 0 Å². The third-order valence-electron chi connectivity index (χ3n) is 3.20. The second-order valence-electron chi connectivity index (χ2n) is 5.21. The quantitative estimate of drug-likeness (QED) is 0.516. The molecule has 4 N–H and O–H groups in total. The molecule has 5 heteroatoms. The molecule has 1 aliphatic rings. The topological polar surface area (TPSA) is 90.2 Å². The summed E-state index contributed by atoms with van der Waals surface area (Å²) >= 11 is 0. The van der Waals surface area contributed by atoms with Crippen molar-refractivity contribution >= 4 is 0 Å². The molecule has 5 nitrogen and oxygen atoms in total. The van der Waals surface area contributed by atoms with Crippen molar-refractivity contribution in [2.45, 2.75) is 57.2 Å². The van der Waals surface area contributed by atoms with Crippen LogP contribution in [-0.4, -0.2) is 57.0 Å².